The maximum absolute atomic E-state index is 12.9. The Labute approximate surface area is 130 Å². The van der Waals surface area contributed by atoms with E-state index in [2.05, 4.69) is 35.7 Å². The van der Waals surface area contributed by atoms with E-state index in [1.807, 2.05) is 4.90 Å². The molecule has 2 unspecified atom stereocenters. The summed E-state index contributed by atoms with van der Waals surface area (Å²) >= 11 is 1.24. The highest BCUT2D eigenvalue weighted by atomic mass is 32.1. The second-order valence-electron chi connectivity index (χ2n) is 6.50. The molecule has 1 aromatic rings. The van der Waals surface area contributed by atoms with Crippen LogP contribution in [0.4, 0.5) is 0 Å². The van der Waals surface area contributed by atoms with Crippen molar-refractivity contribution < 1.29 is 4.79 Å². The monoisotopic (exact) mass is 308 g/mol. The van der Waals surface area contributed by atoms with Gasteiger partial charge in [0.05, 0.1) is 5.69 Å². The van der Waals surface area contributed by atoms with Gasteiger partial charge in [-0.2, -0.15) is 0 Å². The van der Waals surface area contributed by atoms with Crippen molar-refractivity contribution in [3.63, 3.8) is 0 Å². The SMILES string of the molecule is CCN(C(=O)c1snnc1C(C)C)C1CC2CCC(C1)N2. The third kappa shape index (κ3) is 2.83. The fourth-order valence-electron chi connectivity index (χ4n) is 3.70. The zero-order valence-corrected chi connectivity index (χ0v) is 13.8. The van der Waals surface area contributed by atoms with Gasteiger partial charge in [-0.05, 0) is 50.1 Å². The maximum Gasteiger partial charge on any atom is 0.267 e. The molecular formula is C15H24N4OS. The lowest BCUT2D eigenvalue weighted by atomic mass is 9.97. The minimum Gasteiger partial charge on any atom is -0.335 e. The molecule has 3 rings (SSSR count). The highest BCUT2D eigenvalue weighted by molar-refractivity contribution is 7.08. The Morgan fingerprint density at radius 2 is 2.05 bits per heavy atom. The quantitative estimate of drug-likeness (QED) is 0.928. The third-order valence-electron chi connectivity index (χ3n) is 4.74. The van der Waals surface area contributed by atoms with Crippen LogP contribution in [0.3, 0.4) is 0 Å². The van der Waals surface area contributed by atoms with Gasteiger partial charge in [-0.3, -0.25) is 4.79 Å². The lowest BCUT2D eigenvalue weighted by Gasteiger charge is -2.37. The second kappa shape index (κ2) is 6.01. The van der Waals surface area contributed by atoms with E-state index in [1.165, 1.54) is 24.4 Å². The largest absolute Gasteiger partial charge is 0.335 e. The number of rotatable bonds is 4. The number of nitrogens with zero attached hydrogens (tertiary/aromatic N) is 3. The molecule has 0 radical (unpaired) electrons. The Bertz CT molecular complexity index is 504. The molecule has 6 heteroatoms. The predicted octanol–water partition coefficient (Wildman–Crippen LogP) is 2.41. The Kier molecular flexibility index (Phi) is 4.26. The highest BCUT2D eigenvalue weighted by Gasteiger charge is 2.38. The number of piperidine rings is 1. The summed E-state index contributed by atoms with van der Waals surface area (Å²) in [4.78, 5) is 15.7. The number of fused-ring (bicyclic) bond motifs is 2. The fraction of sp³-hybridized carbons (Fsp3) is 0.800. The van der Waals surface area contributed by atoms with Gasteiger partial charge in [0, 0.05) is 24.7 Å². The summed E-state index contributed by atoms with van der Waals surface area (Å²) < 4.78 is 4.00. The Balaban J connectivity index is 1.79. The van der Waals surface area contributed by atoms with Crippen LogP contribution < -0.4 is 5.32 Å². The van der Waals surface area contributed by atoms with Gasteiger partial charge in [-0.15, -0.1) is 5.10 Å². The van der Waals surface area contributed by atoms with Crippen molar-refractivity contribution in [3.05, 3.63) is 10.6 Å². The second-order valence-corrected chi connectivity index (χ2v) is 7.25. The molecule has 5 nitrogen and oxygen atoms in total. The number of hydrogen-bond donors (Lipinski definition) is 1. The lowest BCUT2D eigenvalue weighted by Crippen LogP contribution is -2.50. The molecule has 2 aliphatic rings. The van der Waals surface area contributed by atoms with Crippen molar-refractivity contribution >= 4 is 17.4 Å². The molecule has 2 saturated heterocycles. The van der Waals surface area contributed by atoms with Crippen LogP contribution in [0.15, 0.2) is 0 Å². The molecule has 1 aromatic heterocycles. The standard InChI is InChI=1S/C15H24N4OS/c1-4-19(12-7-10-5-6-11(8-12)16-10)15(20)14-13(9(2)3)17-18-21-14/h9-12,16H,4-8H2,1-3H3. The molecule has 21 heavy (non-hydrogen) atoms. The molecule has 2 bridgehead atoms. The van der Waals surface area contributed by atoms with Gasteiger partial charge in [0.25, 0.3) is 5.91 Å². The number of nitrogens with one attached hydrogen (secondary N) is 1. The zero-order chi connectivity index (χ0) is 15.0. The topological polar surface area (TPSA) is 58.1 Å². The van der Waals surface area contributed by atoms with E-state index in [9.17, 15) is 4.79 Å². The van der Waals surface area contributed by atoms with Crippen LogP contribution in [0, 0.1) is 0 Å². The molecule has 116 valence electrons. The van der Waals surface area contributed by atoms with Crippen molar-refractivity contribution in [3.8, 4) is 0 Å². The summed E-state index contributed by atoms with van der Waals surface area (Å²) in [7, 11) is 0. The van der Waals surface area contributed by atoms with Gasteiger partial charge in [-0.25, -0.2) is 0 Å². The van der Waals surface area contributed by atoms with Crippen LogP contribution in [-0.4, -0.2) is 45.1 Å². The first-order valence-electron chi connectivity index (χ1n) is 7.99. The number of carbonyl (C=O) groups excluding carboxylic acids is 1. The Morgan fingerprint density at radius 3 is 2.62 bits per heavy atom. The van der Waals surface area contributed by atoms with E-state index in [1.54, 1.807) is 0 Å². The predicted molar refractivity (Wildman–Crippen MR) is 83.7 cm³/mol. The minimum atomic E-state index is 0.127. The van der Waals surface area contributed by atoms with Crippen molar-refractivity contribution in [1.29, 1.82) is 0 Å². The Hall–Kier alpha value is -1.01. The van der Waals surface area contributed by atoms with E-state index >= 15 is 0 Å². The van der Waals surface area contributed by atoms with Crippen LogP contribution in [0.1, 0.15) is 67.7 Å². The number of carbonyl (C=O) groups is 1. The van der Waals surface area contributed by atoms with Crippen molar-refractivity contribution in [1.82, 2.24) is 19.8 Å². The van der Waals surface area contributed by atoms with Crippen LogP contribution >= 0.6 is 11.5 Å². The number of hydrogen-bond acceptors (Lipinski definition) is 5. The van der Waals surface area contributed by atoms with Crippen LogP contribution in [0.2, 0.25) is 0 Å². The summed E-state index contributed by atoms with van der Waals surface area (Å²) in [5.74, 6) is 0.369. The Morgan fingerprint density at radius 1 is 1.38 bits per heavy atom. The van der Waals surface area contributed by atoms with E-state index in [4.69, 9.17) is 0 Å². The van der Waals surface area contributed by atoms with Crippen molar-refractivity contribution in [2.45, 2.75) is 70.5 Å². The fourth-order valence-corrected chi connectivity index (χ4v) is 4.48. The maximum atomic E-state index is 12.9. The molecule has 0 saturated carbocycles. The smallest absolute Gasteiger partial charge is 0.267 e. The van der Waals surface area contributed by atoms with Gasteiger partial charge >= 0.3 is 0 Å². The average Bonchev–Trinajstić information content (AvgIpc) is 3.06. The van der Waals surface area contributed by atoms with Crippen LogP contribution in [-0.2, 0) is 0 Å². The summed E-state index contributed by atoms with van der Waals surface area (Å²) in [6.45, 7) is 6.97. The molecule has 1 amide bonds. The first kappa shape index (κ1) is 14.9. The molecule has 2 aliphatic heterocycles. The summed E-state index contributed by atoms with van der Waals surface area (Å²) in [6.07, 6.45) is 4.68. The molecule has 0 aliphatic carbocycles. The van der Waals surface area contributed by atoms with Gasteiger partial charge in [-0.1, -0.05) is 18.3 Å². The van der Waals surface area contributed by atoms with E-state index < -0.39 is 0 Å². The van der Waals surface area contributed by atoms with Gasteiger partial charge in [0.1, 0.15) is 4.88 Å². The average molecular weight is 308 g/mol. The zero-order valence-electron chi connectivity index (χ0n) is 13.0. The molecule has 3 heterocycles. The highest BCUT2D eigenvalue weighted by Crippen LogP contribution is 2.31. The molecule has 2 fully saturated rings. The van der Waals surface area contributed by atoms with E-state index in [0.29, 0.717) is 18.1 Å². The van der Waals surface area contributed by atoms with E-state index in [0.717, 1.165) is 30.0 Å². The normalized spacial score (nSPS) is 28.1. The third-order valence-corrected chi connectivity index (χ3v) is 5.47. The van der Waals surface area contributed by atoms with Crippen molar-refractivity contribution in [2.24, 2.45) is 0 Å². The van der Waals surface area contributed by atoms with E-state index in [-0.39, 0.29) is 11.8 Å². The first-order valence-corrected chi connectivity index (χ1v) is 8.76. The van der Waals surface area contributed by atoms with Crippen LogP contribution in [0.25, 0.3) is 0 Å². The van der Waals surface area contributed by atoms with Crippen LogP contribution in [0.5, 0.6) is 0 Å². The molecule has 0 aromatic carbocycles. The lowest BCUT2D eigenvalue weighted by molar-refractivity contribution is 0.0634. The first-order chi connectivity index (χ1) is 10.1. The molecule has 1 N–H and O–H groups in total. The minimum absolute atomic E-state index is 0.127. The van der Waals surface area contributed by atoms with Gasteiger partial charge < -0.3 is 10.2 Å². The molecular weight excluding hydrogens is 284 g/mol. The summed E-state index contributed by atoms with van der Waals surface area (Å²) in [5.41, 5.74) is 0.848. The van der Waals surface area contributed by atoms with Gasteiger partial charge in [0.15, 0.2) is 0 Å². The van der Waals surface area contributed by atoms with Crippen molar-refractivity contribution in [2.75, 3.05) is 6.54 Å². The van der Waals surface area contributed by atoms with Gasteiger partial charge in [0.2, 0.25) is 0 Å². The summed E-state index contributed by atoms with van der Waals surface area (Å²) in [6, 6.07) is 1.56. The summed E-state index contributed by atoms with van der Waals surface area (Å²) in [5, 5.41) is 7.79. The molecule has 0 spiro atoms. The number of aromatic nitrogens is 2. The molecule has 2 atom stereocenters. The number of amides is 1.